The van der Waals surface area contributed by atoms with Gasteiger partial charge in [0.15, 0.2) is 0 Å². The van der Waals surface area contributed by atoms with Gasteiger partial charge in [0.1, 0.15) is 12.4 Å². The average Bonchev–Trinajstić information content (AvgIpc) is 3.33. The molecule has 1 aromatic heterocycles. The average molecular weight is 479 g/mol. The molecule has 0 bridgehead atoms. The molecule has 0 fully saturated rings. The predicted molar refractivity (Wildman–Crippen MR) is 137 cm³/mol. The van der Waals surface area contributed by atoms with Gasteiger partial charge in [0.2, 0.25) is 5.91 Å². The molecule has 0 spiro atoms. The minimum absolute atomic E-state index is 0.0962. The topological polar surface area (TPSA) is 53.0 Å². The molecule has 34 heavy (non-hydrogen) atoms. The smallest absolute Gasteiger partial charge is 0.237 e. The first-order valence-electron chi connectivity index (χ1n) is 12.1. The van der Waals surface area contributed by atoms with E-state index in [1.54, 1.807) is 11.3 Å². The first-order chi connectivity index (χ1) is 16.6. The van der Waals surface area contributed by atoms with E-state index in [0.29, 0.717) is 32.7 Å². The highest BCUT2D eigenvalue weighted by atomic mass is 32.1. The van der Waals surface area contributed by atoms with Crippen molar-refractivity contribution in [1.29, 1.82) is 0 Å². The van der Waals surface area contributed by atoms with Crippen LogP contribution in [-0.4, -0.2) is 59.7 Å². The third-order valence-corrected chi connectivity index (χ3v) is 7.24. The van der Waals surface area contributed by atoms with Crippen LogP contribution in [0.4, 0.5) is 0 Å². The Labute approximate surface area is 206 Å². The fourth-order valence-corrected chi connectivity index (χ4v) is 5.58. The molecule has 2 heterocycles. The van der Waals surface area contributed by atoms with Gasteiger partial charge in [0.25, 0.3) is 0 Å². The lowest BCUT2D eigenvalue weighted by Gasteiger charge is -2.37. The van der Waals surface area contributed by atoms with Crippen LogP contribution in [0, 0.1) is 0 Å². The molecular weight excluding hydrogens is 444 g/mol. The summed E-state index contributed by atoms with van der Waals surface area (Å²) < 4.78 is 6.09. The minimum atomic E-state index is -0.510. The van der Waals surface area contributed by atoms with Crippen LogP contribution < -0.4 is 4.74 Å². The van der Waals surface area contributed by atoms with Crippen LogP contribution in [0.1, 0.15) is 35.4 Å². The fourth-order valence-electron chi connectivity index (χ4n) is 4.65. The molecule has 2 unspecified atom stereocenters. The van der Waals surface area contributed by atoms with E-state index in [-0.39, 0.29) is 11.9 Å². The second kappa shape index (κ2) is 12.2. The first-order valence-corrected chi connectivity index (χ1v) is 13.0. The molecule has 1 N–H and O–H groups in total. The fraction of sp³-hybridized carbons (Fsp3) is 0.393. The van der Waals surface area contributed by atoms with Crippen LogP contribution in [0.2, 0.25) is 0 Å². The SMILES string of the molecule is CCCN(CC(=O)N1CCc2sccc2C1COc1ccccc1)CC(O)Cc1ccccc1. The van der Waals surface area contributed by atoms with E-state index in [1.807, 2.05) is 65.6 Å². The molecule has 180 valence electrons. The molecule has 5 nitrogen and oxygen atoms in total. The zero-order valence-electron chi connectivity index (χ0n) is 19.8. The van der Waals surface area contributed by atoms with Gasteiger partial charge in [-0.3, -0.25) is 9.69 Å². The number of fused-ring (bicyclic) bond motifs is 1. The predicted octanol–water partition coefficient (Wildman–Crippen LogP) is 4.57. The van der Waals surface area contributed by atoms with Crippen molar-refractivity contribution in [3.05, 3.63) is 88.1 Å². The van der Waals surface area contributed by atoms with Gasteiger partial charge in [-0.15, -0.1) is 11.3 Å². The van der Waals surface area contributed by atoms with Crippen LogP contribution >= 0.6 is 11.3 Å². The van der Waals surface area contributed by atoms with Gasteiger partial charge < -0.3 is 14.7 Å². The normalized spacial score (nSPS) is 16.3. The summed E-state index contributed by atoms with van der Waals surface area (Å²) in [4.78, 5) is 18.9. The van der Waals surface area contributed by atoms with Crippen LogP contribution in [0.15, 0.2) is 72.1 Å². The van der Waals surface area contributed by atoms with Crippen LogP contribution in [-0.2, 0) is 17.6 Å². The molecule has 2 aromatic carbocycles. The maximum atomic E-state index is 13.5. The van der Waals surface area contributed by atoms with E-state index >= 15 is 0 Å². The van der Waals surface area contributed by atoms with Crippen molar-refractivity contribution in [2.45, 2.75) is 38.3 Å². The van der Waals surface area contributed by atoms with Crippen LogP contribution in [0.25, 0.3) is 0 Å². The third kappa shape index (κ3) is 6.47. The summed E-state index contributed by atoms with van der Waals surface area (Å²) >= 11 is 1.76. The molecule has 6 heteroatoms. The lowest BCUT2D eigenvalue weighted by molar-refractivity contribution is -0.136. The van der Waals surface area contributed by atoms with E-state index in [2.05, 4.69) is 23.3 Å². The van der Waals surface area contributed by atoms with Crippen LogP contribution in [0.5, 0.6) is 5.75 Å². The molecule has 1 amide bonds. The number of ether oxygens (including phenoxy) is 1. The molecule has 3 aromatic rings. The molecule has 1 aliphatic heterocycles. The van der Waals surface area contributed by atoms with Gasteiger partial charge in [-0.2, -0.15) is 0 Å². The van der Waals surface area contributed by atoms with Crippen molar-refractivity contribution in [3.63, 3.8) is 0 Å². The number of carbonyl (C=O) groups excluding carboxylic acids is 1. The second-order valence-electron chi connectivity index (χ2n) is 8.85. The summed E-state index contributed by atoms with van der Waals surface area (Å²) in [7, 11) is 0. The van der Waals surface area contributed by atoms with Crippen molar-refractivity contribution < 1.29 is 14.6 Å². The van der Waals surface area contributed by atoms with Gasteiger partial charge in [-0.05, 0) is 60.5 Å². The Kier molecular flexibility index (Phi) is 8.74. The molecule has 0 radical (unpaired) electrons. The number of aliphatic hydroxyl groups is 1. The Hall–Kier alpha value is -2.67. The number of amides is 1. The zero-order valence-corrected chi connectivity index (χ0v) is 20.6. The van der Waals surface area contributed by atoms with Gasteiger partial charge >= 0.3 is 0 Å². The van der Waals surface area contributed by atoms with Crippen molar-refractivity contribution in [2.75, 3.05) is 32.8 Å². The Morgan fingerprint density at radius 3 is 2.62 bits per heavy atom. The monoisotopic (exact) mass is 478 g/mol. The quantitative estimate of drug-likeness (QED) is 0.439. The number of hydrogen-bond acceptors (Lipinski definition) is 5. The van der Waals surface area contributed by atoms with Crippen molar-refractivity contribution in [2.24, 2.45) is 0 Å². The highest BCUT2D eigenvalue weighted by Gasteiger charge is 2.33. The molecule has 0 saturated heterocycles. The molecular formula is C28H34N2O3S. The number of hydrogen-bond donors (Lipinski definition) is 1. The molecule has 0 aliphatic carbocycles. The lowest BCUT2D eigenvalue weighted by Crippen LogP contribution is -2.48. The van der Waals surface area contributed by atoms with Crippen molar-refractivity contribution in [1.82, 2.24) is 9.80 Å². The highest BCUT2D eigenvalue weighted by Crippen LogP contribution is 2.34. The molecule has 4 rings (SSSR count). The van der Waals surface area contributed by atoms with Crippen LogP contribution in [0.3, 0.4) is 0 Å². The van der Waals surface area contributed by atoms with Crippen molar-refractivity contribution >= 4 is 17.2 Å². The van der Waals surface area contributed by atoms with Gasteiger partial charge in [0.05, 0.1) is 18.7 Å². The van der Waals surface area contributed by atoms with Crippen molar-refractivity contribution in [3.8, 4) is 5.75 Å². The minimum Gasteiger partial charge on any atom is -0.491 e. The van der Waals surface area contributed by atoms with E-state index in [1.165, 1.54) is 10.4 Å². The summed E-state index contributed by atoms with van der Waals surface area (Å²) in [5, 5.41) is 12.8. The second-order valence-corrected chi connectivity index (χ2v) is 9.86. The van der Waals surface area contributed by atoms with E-state index < -0.39 is 6.10 Å². The number of aliphatic hydroxyl groups excluding tert-OH is 1. The number of carbonyl (C=O) groups is 1. The number of rotatable bonds is 11. The maximum absolute atomic E-state index is 13.5. The standard InChI is InChI=1S/C28H34N2O3S/c1-2-15-29(19-23(31)18-22-9-5-3-6-10-22)20-28(32)30-16-13-27-25(14-17-34-27)26(30)21-33-24-11-7-4-8-12-24/h3-12,14,17,23,26,31H,2,13,15-16,18-21H2,1H3. The number of para-hydroxylation sites is 1. The number of nitrogens with zero attached hydrogens (tertiary/aromatic N) is 2. The summed E-state index contributed by atoms with van der Waals surface area (Å²) in [5.74, 6) is 0.910. The summed E-state index contributed by atoms with van der Waals surface area (Å²) in [6, 6.07) is 21.8. The Balaban J connectivity index is 1.41. The Bertz CT molecular complexity index is 1020. The van der Waals surface area contributed by atoms with Gasteiger partial charge in [-0.25, -0.2) is 0 Å². The Morgan fingerprint density at radius 1 is 1.15 bits per heavy atom. The highest BCUT2D eigenvalue weighted by molar-refractivity contribution is 7.10. The zero-order chi connectivity index (χ0) is 23.8. The largest absolute Gasteiger partial charge is 0.491 e. The molecule has 1 aliphatic rings. The molecule has 0 saturated carbocycles. The summed E-state index contributed by atoms with van der Waals surface area (Å²) in [6.45, 7) is 4.81. The summed E-state index contributed by atoms with van der Waals surface area (Å²) in [6.07, 6.45) is 1.89. The number of thiophene rings is 1. The van der Waals surface area contributed by atoms with Gasteiger partial charge in [-0.1, -0.05) is 55.5 Å². The summed E-state index contributed by atoms with van der Waals surface area (Å²) in [5.41, 5.74) is 2.31. The van der Waals surface area contributed by atoms with E-state index in [4.69, 9.17) is 4.74 Å². The Morgan fingerprint density at radius 2 is 1.88 bits per heavy atom. The third-order valence-electron chi connectivity index (χ3n) is 6.25. The first kappa shape index (κ1) is 24.5. The molecule has 2 atom stereocenters. The van der Waals surface area contributed by atoms with E-state index in [9.17, 15) is 9.90 Å². The van der Waals surface area contributed by atoms with E-state index in [0.717, 1.165) is 30.7 Å². The lowest BCUT2D eigenvalue weighted by atomic mass is 10.00. The number of benzene rings is 2. The maximum Gasteiger partial charge on any atom is 0.237 e. The van der Waals surface area contributed by atoms with Gasteiger partial charge in [0, 0.05) is 18.0 Å².